The van der Waals surface area contributed by atoms with E-state index in [1.165, 1.54) is 0 Å². The molecule has 0 spiro atoms. The summed E-state index contributed by atoms with van der Waals surface area (Å²) in [5, 5.41) is 19.1. The molecule has 3 nitrogen and oxygen atoms in total. The van der Waals surface area contributed by atoms with Gasteiger partial charge in [0.15, 0.2) is 0 Å². The van der Waals surface area contributed by atoms with Crippen LogP contribution in [0.15, 0.2) is 0 Å². The highest BCUT2D eigenvalue weighted by Crippen LogP contribution is 2.23. The van der Waals surface area contributed by atoms with Crippen LogP contribution in [0.1, 0.15) is 40.5 Å². The minimum Gasteiger partial charge on any atom is -0.396 e. The smallest absolute Gasteiger partial charge is 0.0718 e. The lowest BCUT2D eigenvalue weighted by Gasteiger charge is -2.34. The first-order chi connectivity index (χ1) is 6.72. The van der Waals surface area contributed by atoms with E-state index in [9.17, 15) is 10.2 Å². The quantitative estimate of drug-likeness (QED) is 0.679. The summed E-state index contributed by atoms with van der Waals surface area (Å²) in [5.41, 5.74) is -0.716. The van der Waals surface area contributed by atoms with E-state index in [1.54, 1.807) is 13.8 Å². The van der Waals surface area contributed by atoms with Gasteiger partial charge in [0, 0.05) is 25.1 Å². The van der Waals surface area contributed by atoms with Gasteiger partial charge in [0.2, 0.25) is 0 Å². The Bertz CT molecular complexity index is 177. The van der Waals surface area contributed by atoms with Gasteiger partial charge in [-0.1, -0.05) is 20.3 Å². The SMILES string of the molecule is CCCC(C)(CO)CN(C)CC(C)(C)O. The van der Waals surface area contributed by atoms with Crippen LogP contribution >= 0.6 is 0 Å². The Morgan fingerprint density at radius 1 is 1.13 bits per heavy atom. The Morgan fingerprint density at radius 2 is 1.67 bits per heavy atom. The van der Waals surface area contributed by atoms with Crippen molar-refractivity contribution in [2.45, 2.75) is 46.1 Å². The zero-order valence-electron chi connectivity index (χ0n) is 10.9. The minimum absolute atomic E-state index is 0.0469. The predicted molar refractivity (Wildman–Crippen MR) is 63.9 cm³/mol. The van der Waals surface area contributed by atoms with Gasteiger partial charge in [0.05, 0.1) is 5.60 Å². The number of rotatable bonds is 7. The van der Waals surface area contributed by atoms with E-state index in [1.807, 2.05) is 7.05 Å². The Morgan fingerprint density at radius 3 is 2.00 bits per heavy atom. The topological polar surface area (TPSA) is 43.7 Å². The molecule has 0 fully saturated rings. The van der Waals surface area contributed by atoms with E-state index in [4.69, 9.17) is 0 Å². The molecule has 0 aromatic heterocycles. The van der Waals surface area contributed by atoms with Gasteiger partial charge in [0.1, 0.15) is 0 Å². The first-order valence-electron chi connectivity index (χ1n) is 5.74. The van der Waals surface area contributed by atoms with Crippen LogP contribution in [0.25, 0.3) is 0 Å². The van der Waals surface area contributed by atoms with Crippen molar-refractivity contribution >= 4 is 0 Å². The molecule has 15 heavy (non-hydrogen) atoms. The van der Waals surface area contributed by atoms with E-state index in [0.717, 1.165) is 19.4 Å². The average Bonchev–Trinajstić information content (AvgIpc) is 2.00. The van der Waals surface area contributed by atoms with Crippen LogP contribution in [0, 0.1) is 5.41 Å². The molecule has 0 saturated carbocycles. The molecule has 0 amide bonds. The third kappa shape index (κ3) is 6.88. The molecule has 0 aliphatic carbocycles. The standard InChI is InChI=1S/C12H27NO2/c1-6-7-12(4,10-14)9-13(5)8-11(2,3)15/h14-15H,6-10H2,1-5H3. The van der Waals surface area contributed by atoms with E-state index in [0.29, 0.717) is 6.54 Å². The van der Waals surface area contributed by atoms with Crippen LogP contribution < -0.4 is 0 Å². The van der Waals surface area contributed by atoms with Crippen LogP contribution in [-0.2, 0) is 0 Å². The molecular formula is C12H27NO2. The van der Waals surface area contributed by atoms with Crippen molar-refractivity contribution in [3.05, 3.63) is 0 Å². The van der Waals surface area contributed by atoms with Crippen LogP contribution in [-0.4, -0.2) is 47.5 Å². The molecule has 0 bridgehead atoms. The second kappa shape index (κ2) is 5.83. The molecule has 1 unspecified atom stereocenters. The third-order valence-corrected chi connectivity index (χ3v) is 2.54. The van der Waals surface area contributed by atoms with Crippen LogP contribution in [0.3, 0.4) is 0 Å². The molecule has 0 radical (unpaired) electrons. The molecule has 0 aromatic carbocycles. The molecule has 1 atom stereocenters. The van der Waals surface area contributed by atoms with E-state index < -0.39 is 5.60 Å². The Kier molecular flexibility index (Phi) is 5.78. The van der Waals surface area contributed by atoms with Crippen LogP contribution in [0.4, 0.5) is 0 Å². The zero-order valence-corrected chi connectivity index (χ0v) is 10.9. The molecule has 0 aliphatic rings. The van der Waals surface area contributed by atoms with Crippen molar-refractivity contribution in [3.63, 3.8) is 0 Å². The van der Waals surface area contributed by atoms with Crippen molar-refractivity contribution < 1.29 is 10.2 Å². The Balaban J connectivity index is 4.18. The maximum Gasteiger partial charge on any atom is 0.0718 e. The monoisotopic (exact) mass is 217 g/mol. The molecule has 0 aliphatic heterocycles. The van der Waals surface area contributed by atoms with Gasteiger partial charge in [-0.15, -0.1) is 0 Å². The molecule has 2 N–H and O–H groups in total. The highest BCUT2D eigenvalue weighted by atomic mass is 16.3. The molecule has 0 heterocycles. The summed E-state index contributed by atoms with van der Waals surface area (Å²) in [6.07, 6.45) is 2.09. The van der Waals surface area contributed by atoms with Gasteiger partial charge in [0.25, 0.3) is 0 Å². The van der Waals surface area contributed by atoms with Crippen molar-refractivity contribution in [1.82, 2.24) is 4.90 Å². The summed E-state index contributed by atoms with van der Waals surface area (Å²) in [6.45, 7) is 9.49. The summed E-state index contributed by atoms with van der Waals surface area (Å²) in [6, 6.07) is 0. The van der Waals surface area contributed by atoms with Gasteiger partial charge in [-0.2, -0.15) is 0 Å². The Hall–Kier alpha value is -0.120. The second-order valence-electron chi connectivity index (χ2n) is 5.70. The predicted octanol–water partition coefficient (Wildman–Crippen LogP) is 1.49. The third-order valence-electron chi connectivity index (χ3n) is 2.54. The first kappa shape index (κ1) is 14.9. The molecular weight excluding hydrogens is 190 g/mol. The van der Waals surface area contributed by atoms with Crippen LogP contribution in [0.5, 0.6) is 0 Å². The maximum atomic E-state index is 9.68. The van der Waals surface area contributed by atoms with Gasteiger partial charge < -0.3 is 15.1 Å². The van der Waals surface area contributed by atoms with E-state index in [-0.39, 0.29) is 12.0 Å². The summed E-state index contributed by atoms with van der Waals surface area (Å²) in [4.78, 5) is 2.09. The lowest BCUT2D eigenvalue weighted by molar-refractivity contribution is 0.0195. The molecule has 0 rings (SSSR count). The van der Waals surface area contributed by atoms with Crippen molar-refractivity contribution in [2.75, 3.05) is 26.7 Å². The molecule has 3 heteroatoms. The highest BCUT2D eigenvalue weighted by molar-refractivity contribution is 4.79. The summed E-state index contributed by atoms with van der Waals surface area (Å²) >= 11 is 0. The van der Waals surface area contributed by atoms with Crippen LogP contribution in [0.2, 0.25) is 0 Å². The van der Waals surface area contributed by atoms with Crippen molar-refractivity contribution in [1.29, 1.82) is 0 Å². The lowest BCUT2D eigenvalue weighted by Crippen LogP contribution is -2.42. The summed E-state index contributed by atoms with van der Waals surface area (Å²) in [5.74, 6) is 0. The minimum atomic E-state index is -0.669. The fourth-order valence-electron chi connectivity index (χ4n) is 2.18. The van der Waals surface area contributed by atoms with E-state index in [2.05, 4.69) is 18.7 Å². The molecule has 0 aromatic rings. The zero-order chi connectivity index (χ0) is 12.1. The van der Waals surface area contributed by atoms with Crippen molar-refractivity contribution in [3.8, 4) is 0 Å². The lowest BCUT2D eigenvalue weighted by atomic mass is 9.86. The number of nitrogens with zero attached hydrogens (tertiary/aromatic N) is 1. The average molecular weight is 217 g/mol. The first-order valence-corrected chi connectivity index (χ1v) is 5.74. The van der Waals surface area contributed by atoms with Crippen molar-refractivity contribution in [2.24, 2.45) is 5.41 Å². The van der Waals surface area contributed by atoms with Gasteiger partial charge in [-0.05, 0) is 27.3 Å². The van der Waals surface area contributed by atoms with Gasteiger partial charge in [-0.3, -0.25) is 0 Å². The van der Waals surface area contributed by atoms with Gasteiger partial charge >= 0.3 is 0 Å². The number of hydrogen-bond acceptors (Lipinski definition) is 3. The number of hydrogen-bond donors (Lipinski definition) is 2. The Labute approximate surface area is 94.1 Å². The summed E-state index contributed by atoms with van der Waals surface area (Å²) < 4.78 is 0. The molecule has 92 valence electrons. The molecule has 0 saturated heterocycles. The normalized spacial score (nSPS) is 16.8. The number of likely N-dealkylation sites (N-methyl/N-ethyl adjacent to an activating group) is 1. The fraction of sp³-hybridized carbons (Fsp3) is 1.00. The summed E-state index contributed by atoms with van der Waals surface area (Å²) in [7, 11) is 1.99. The fourth-order valence-corrected chi connectivity index (χ4v) is 2.18. The maximum absolute atomic E-state index is 9.68. The largest absolute Gasteiger partial charge is 0.396 e. The number of aliphatic hydroxyl groups excluding tert-OH is 1. The highest BCUT2D eigenvalue weighted by Gasteiger charge is 2.26. The van der Waals surface area contributed by atoms with Gasteiger partial charge in [-0.25, -0.2) is 0 Å². The second-order valence-corrected chi connectivity index (χ2v) is 5.70. The number of aliphatic hydroxyl groups is 2. The van der Waals surface area contributed by atoms with E-state index >= 15 is 0 Å².